The van der Waals surface area contributed by atoms with Crippen molar-refractivity contribution in [2.24, 2.45) is 0 Å². The van der Waals surface area contributed by atoms with Crippen LogP contribution >= 0.6 is 0 Å². The van der Waals surface area contributed by atoms with Crippen LogP contribution in [-0.2, 0) is 10.0 Å². The third kappa shape index (κ3) is 2.24. The van der Waals surface area contributed by atoms with E-state index in [9.17, 15) is 13.5 Å². The van der Waals surface area contributed by atoms with Crippen molar-refractivity contribution in [3.63, 3.8) is 0 Å². The van der Waals surface area contributed by atoms with E-state index in [0.29, 0.717) is 11.0 Å². The fourth-order valence-corrected chi connectivity index (χ4v) is 3.37. The van der Waals surface area contributed by atoms with Gasteiger partial charge in [-0.05, 0) is 26.0 Å². The molecule has 0 amide bonds. The summed E-state index contributed by atoms with van der Waals surface area (Å²) in [6, 6.07) is 3.39. The molecule has 0 fully saturated rings. The minimum atomic E-state index is -3.69. The number of nitrogens with zero attached hydrogens (tertiary/aromatic N) is 2. The summed E-state index contributed by atoms with van der Waals surface area (Å²) >= 11 is 0. The molecule has 2 aromatic heterocycles. The maximum absolute atomic E-state index is 12.6. The number of hydrogen-bond acceptors (Lipinski definition) is 4. The first-order valence-corrected chi connectivity index (χ1v) is 7.27. The molecule has 0 saturated heterocycles. The number of aliphatic hydroxyl groups excluding tert-OH is 1. The quantitative estimate of drug-likeness (QED) is 0.875. The Labute approximate surface area is 112 Å². The molecule has 0 aliphatic heterocycles. The summed E-state index contributed by atoms with van der Waals surface area (Å²) in [7, 11) is -2.23. The highest BCUT2D eigenvalue weighted by atomic mass is 32.2. The van der Waals surface area contributed by atoms with E-state index >= 15 is 0 Å². The number of H-pyrrole nitrogens is 1. The Morgan fingerprint density at radius 1 is 1.47 bits per heavy atom. The molecule has 0 radical (unpaired) electrons. The molecule has 7 heteroatoms. The number of aliphatic hydroxyl groups is 1. The van der Waals surface area contributed by atoms with Gasteiger partial charge in [0.15, 0.2) is 0 Å². The van der Waals surface area contributed by atoms with Gasteiger partial charge in [0.2, 0.25) is 10.0 Å². The third-order valence-corrected chi connectivity index (χ3v) is 5.40. The minimum Gasteiger partial charge on any atom is -0.394 e. The molecular weight excluding hydrogens is 266 g/mol. The Bertz CT molecular complexity index is 691. The molecule has 0 aliphatic carbocycles. The number of aromatic amines is 1. The minimum absolute atomic E-state index is 0.166. The van der Waals surface area contributed by atoms with Crippen molar-refractivity contribution in [1.82, 2.24) is 14.3 Å². The second kappa shape index (κ2) is 4.59. The van der Waals surface area contributed by atoms with Gasteiger partial charge in [-0.15, -0.1) is 0 Å². The molecule has 0 bridgehead atoms. The maximum atomic E-state index is 12.6. The van der Waals surface area contributed by atoms with E-state index in [1.165, 1.54) is 17.5 Å². The number of sulfonamides is 1. The van der Waals surface area contributed by atoms with Crippen molar-refractivity contribution in [2.75, 3.05) is 13.7 Å². The zero-order valence-corrected chi connectivity index (χ0v) is 11.9. The summed E-state index contributed by atoms with van der Waals surface area (Å²) in [5.41, 5.74) is -0.346. The van der Waals surface area contributed by atoms with Crippen LogP contribution in [0.2, 0.25) is 0 Å². The lowest BCUT2D eigenvalue weighted by atomic mass is 10.1. The summed E-state index contributed by atoms with van der Waals surface area (Å²) in [5, 5.41) is 9.86. The number of likely N-dealkylation sites (N-methyl/N-ethyl adjacent to an activating group) is 1. The number of rotatable bonds is 4. The second-order valence-electron chi connectivity index (χ2n) is 5.00. The number of fused-ring (bicyclic) bond motifs is 1. The SMILES string of the molecule is CN(C(C)(C)CO)S(=O)(=O)c1c[nH]c2ncccc12. The van der Waals surface area contributed by atoms with E-state index in [0.717, 1.165) is 0 Å². The van der Waals surface area contributed by atoms with E-state index < -0.39 is 15.6 Å². The van der Waals surface area contributed by atoms with Crippen LogP contribution in [0.15, 0.2) is 29.4 Å². The predicted octanol–water partition coefficient (Wildman–Crippen LogP) is 0.954. The molecule has 0 aromatic carbocycles. The van der Waals surface area contributed by atoms with Gasteiger partial charge in [0.05, 0.1) is 12.1 Å². The molecule has 2 aromatic rings. The molecule has 6 nitrogen and oxygen atoms in total. The highest BCUT2D eigenvalue weighted by Gasteiger charge is 2.34. The Hall–Kier alpha value is -1.44. The summed E-state index contributed by atoms with van der Waals surface area (Å²) in [6.45, 7) is 3.07. The number of hydrogen-bond donors (Lipinski definition) is 2. The molecule has 0 saturated carbocycles. The summed E-state index contributed by atoms with van der Waals surface area (Å²) < 4.78 is 26.3. The smallest absolute Gasteiger partial charge is 0.245 e. The molecule has 0 unspecified atom stereocenters. The van der Waals surface area contributed by atoms with Crippen molar-refractivity contribution >= 4 is 21.1 Å². The van der Waals surface area contributed by atoms with Crippen molar-refractivity contribution < 1.29 is 13.5 Å². The normalized spacial score (nSPS) is 13.3. The lowest BCUT2D eigenvalue weighted by molar-refractivity contribution is 0.138. The zero-order chi connectivity index (χ0) is 14.3. The fraction of sp³-hybridized carbons (Fsp3) is 0.417. The van der Waals surface area contributed by atoms with E-state index in [2.05, 4.69) is 9.97 Å². The van der Waals surface area contributed by atoms with Crippen LogP contribution in [-0.4, -0.2) is 47.0 Å². The molecule has 2 rings (SSSR count). The van der Waals surface area contributed by atoms with Crippen LogP contribution in [0.5, 0.6) is 0 Å². The molecule has 2 heterocycles. The van der Waals surface area contributed by atoms with E-state index in [-0.39, 0.29) is 11.5 Å². The molecule has 0 atom stereocenters. The van der Waals surface area contributed by atoms with Gasteiger partial charge in [-0.2, -0.15) is 4.31 Å². The third-order valence-electron chi connectivity index (χ3n) is 3.29. The zero-order valence-electron chi connectivity index (χ0n) is 11.1. The summed E-state index contributed by atoms with van der Waals surface area (Å²) in [6.07, 6.45) is 3.02. The molecule has 104 valence electrons. The van der Waals surface area contributed by atoms with Crippen LogP contribution in [0.3, 0.4) is 0 Å². The Morgan fingerprint density at radius 2 is 2.16 bits per heavy atom. The lowest BCUT2D eigenvalue weighted by Gasteiger charge is -2.32. The van der Waals surface area contributed by atoms with Crippen LogP contribution in [0.25, 0.3) is 11.0 Å². The first-order valence-electron chi connectivity index (χ1n) is 5.83. The van der Waals surface area contributed by atoms with Gasteiger partial charge < -0.3 is 10.1 Å². The maximum Gasteiger partial charge on any atom is 0.245 e. The average Bonchev–Trinajstić information content (AvgIpc) is 2.82. The van der Waals surface area contributed by atoms with Crippen molar-refractivity contribution in [2.45, 2.75) is 24.3 Å². The summed E-state index contributed by atoms with van der Waals surface area (Å²) in [5.74, 6) is 0. The van der Waals surface area contributed by atoms with E-state index in [4.69, 9.17) is 0 Å². The number of aromatic nitrogens is 2. The van der Waals surface area contributed by atoms with Crippen LogP contribution in [0, 0.1) is 0 Å². The lowest BCUT2D eigenvalue weighted by Crippen LogP contribution is -2.47. The van der Waals surface area contributed by atoms with Crippen LogP contribution in [0.1, 0.15) is 13.8 Å². The van der Waals surface area contributed by atoms with Gasteiger partial charge in [0, 0.05) is 24.8 Å². The van der Waals surface area contributed by atoms with Crippen molar-refractivity contribution in [3.8, 4) is 0 Å². The van der Waals surface area contributed by atoms with Gasteiger partial charge in [0.1, 0.15) is 10.5 Å². The Kier molecular flexibility index (Phi) is 3.38. The predicted molar refractivity (Wildman–Crippen MR) is 72.2 cm³/mol. The second-order valence-corrected chi connectivity index (χ2v) is 6.93. The monoisotopic (exact) mass is 283 g/mol. The average molecular weight is 283 g/mol. The standard InChI is InChI=1S/C12H17N3O3S/c1-12(2,8-16)15(3)19(17,18)10-7-14-11-9(10)5-4-6-13-11/h4-7,16H,8H2,1-3H3,(H,13,14). The van der Waals surface area contributed by atoms with Gasteiger partial charge in [-0.1, -0.05) is 0 Å². The van der Waals surface area contributed by atoms with Crippen LogP contribution < -0.4 is 0 Å². The van der Waals surface area contributed by atoms with Gasteiger partial charge in [-0.3, -0.25) is 0 Å². The van der Waals surface area contributed by atoms with Gasteiger partial charge in [-0.25, -0.2) is 13.4 Å². The molecule has 19 heavy (non-hydrogen) atoms. The number of pyridine rings is 1. The van der Waals surface area contributed by atoms with Crippen LogP contribution in [0.4, 0.5) is 0 Å². The first kappa shape index (κ1) is 14.0. The van der Waals surface area contributed by atoms with Gasteiger partial charge >= 0.3 is 0 Å². The molecular formula is C12H17N3O3S. The van der Waals surface area contributed by atoms with Gasteiger partial charge in [0.25, 0.3) is 0 Å². The van der Waals surface area contributed by atoms with Crippen molar-refractivity contribution in [3.05, 3.63) is 24.5 Å². The fourth-order valence-electron chi connectivity index (χ4n) is 1.72. The Balaban J connectivity index is 2.57. The molecule has 0 spiro atoms. The topological polar surface area (TPSA) is 86.3 Å². The largest absolute Gasteiger partial charge is 0.394 e. The van der Waals surface area contributed by atoms with E-state index in [1.807, 2.05) is 0 Å². The Morgan fingerprint density at radius 3 is 2.79 bits per heavy atom. The van der Waals surface area contributed by atoms with E-state index in [1.54, 1.807) is 32.2 Å². The van der Waals surface area contributed by atoms with Crippen molar-refractivity contribution in [1.29, 1.82) is 0 Å². The molecule has 0 aliphatic rings. The molecule has 2 N–H and O–H groups in total. The summed E-state index contributed by atoms with van der Waals surface area (Å²) in [4.78, 5) is 7.07. The highest BCUT2D eigenvalue weighted by molar-refractivity contribution is 7.89. The highest BCUT2D eigenvalue weighted by Crippen LogP contribution is 2.27. The first-order chi connectivity index (χ1) is 8.80. The number of nitrogens with one attached hydrogen (secondary N) is 1.